The van der Waals surface area contributed by atoms with E-state index in [1.165, 1.54) is 24.4 Å². The lowest BCUT2D eigenvalue weighted by atomic mass is 9.99. The first kappa shape index (κ1) is 28.4. The lowest BCUT2D eigenvalue weighted by Gasteiger charge is -2.12. The number of esters is 1. The molecule has 0 radical (unpaired) electrons. The number of carbonyl (C=O) groups is 2. The molecule has 0 fully saturated rings. The lowest BCUT2D eigenvalue weighted by Crippen LogP contribution is -2.09. The smallest absolute Gasteiger partial charge is 0.435 e. The van der Waals surface area contributed by atoms with Crippen LogP contribution < -0.4 is 0 Å². The fourth-order valence-corrected chi connectivity index (χ4v) is 4.42. The van der Waals surface area contributed by atoms with E-state index in [1.807, 2.05) is 0 Å². The average Bonchev–Trinajstić information content (AvgIpc) is 3.53. The van der Waals surface area contributed by atoms with E-state index in [0.717, 1.165) is 27.5 Å². The topological polar surface area (TPSA) is 112 Å². The molecule has 42 heavy (non-hydrogen) atoms. The maximum atomic E-state index is 15.9. The number of hydrogen-bond donors (Lipinski definition) is 1. The minimum absolute atomic E-state index is 0.100. The largest absolute Gasteiger partial charge is 0.478 e. The first-order chi connectivity index (χ1) is 19.8. The molecule has 3 heterocycles. The van der Waals surface area contributed by atoms with Gasteiger partial charge in [-0.1, -0.05) is 13.8 Å². The molecule has 0 saturated heterocycles. The Morgan fingerprint density at radius 2 is 1.86 bits per heavy atom. The highest BCUT2D eigenvalue weighted by Crippen LogP contribution is 2.40. The molecule has 5 aromatic rings. The summed E-state index contributed by atoms with van der Waals surface area (Å²) in [6.07, 6.45) is -0.246. The summed E-state index contributed by atoms with van der Waals surface area (Å²) in [4.78, 5) is 30.1. The zero-order valence-corrected chi connectivity index (χ0v) is 21.9. The van der Waals surface area contributed by atoms with Crippen LogP contribution in [0, 0.1) is 11.6 Å². The molecule has 1 N–H and O–H groups in total. The minimum Gasteiger partial charge on any atom is -0.478 e. The van der Waals surface area contributed by atoms with Gasteiger partial charge >= 0.3 is 18.1 Å². The summed E-state index contributed by atoms with van der Waals surface area (Å²) >= 11 is 0. The van der Waals surface area contributed by atoms with E-state index in [4.69, 9.17) is 9.84 Å². The van der Waals surface area contributed by atoms with E-state index < -0.39 is 53.4 Å². The van der Waals surface area contributed by atoms with Gasteiger partial charge in [-0.25, -0.2) is 28.0 Å². The van der Waals surface area contributed by atoms with Crippen molar-refractivity contribution in [2.75, 3.05) is 0 Å². The zero-order chi connectivity index (χ0) is 30.3. The fourth-order valence-electron chi connectivity index (χ4n) is 4.42. The number of imidazole rings is 1. The van der Waals surface area contributed by atoms with Crippen molar-refractivity contribution in [3.63, 3.8) is 0 Å². The van der Waals surface area contributed by atoms with Gasteiger partial charge in [-0.15, -0.1) is 0 Å². The maximum absolute atomic E-state index is 15.9. The third-order valence-electron chi connectivity index (χ3n) is 6.40. The molecule has 9 nitrogen and oxygen atoms in total. The summed E-state index contributed by atoms with van der Waals surface area (Å²) in [5, 5.41) is 12.4. The van der Waals surface area contributed by atoms with Crippen molar-refractivity contribution in [2.24, 2.45) is 0 Å². The van der Waals surface area contributed by atoms with Crippen LogP contribution in [0.25, 0.3) is 39.1 Å². The summed E-state index contributed by atoms with van der Waals surface area (Å²) in [7, 11) is 0. The molecular formula is C28H20F5N5O4. The Balaban J connectivity index is 1.61. The average molecular weight is 585 g/mol. The molecule has 0 amide bonds. The number of aromatic nitrogens is 5. The normalized spacial score (nSPS) is 12.2. The van der Waals surface area contributed by atoms with Crippen LogP contribution in [0.4, 0.5) is 22.0 Å². The first-order valence-corrected chi connectivity index (χ1v) is 12.3. The molecule has 0 aliphatic carbocycles. The Morgan fingerprint density at radius 1 is 1.10 bits per heavy atom. The molecule has 0 atom stereocenters. The Hall–Kier alpha value is -5.14. The van der Waals surface area contributed by atoms with Gasteiger partial charge in [0.05, 0.1) is 34.7 Å². The molecule has 3 aromatic heterocycles. The number of benzene rings is 2. The van der Waals surface area contributed by atoms with Gasteiger partial charge in [-0.2, -0.15) is 18.3 Å². The van der Waals surface area contributed by atoms with Crippen molar-refractivity contribution in [3.8, 4) is 22.5 Å². The number of ether oxygens (including phenoxy) is 1. The molecule has 0 aliphatic heterocycles. The highest BCUT2D eigenvalue weighted by atomic mass is 19.4. The van der Waals surface area contributed by atoms with Gasteiger partial charge < -0.3 is 9.84 Å². The minimum atomic E-state index is -4.95. The molecule has 0 spiro atoms. The third-order valence-corrected chi connectivity index (χ3v) is 6.40. The van der Waals surface area contributed by atoms with Crippen molar-refractivity contribution in [2.45, 2.75) is 32.7 Å². The van der Waals surface area contributed by atoms with E-state index in [9.17, 15) is 27.2 Å². The van der Waals surface area contributed by atoms with Crippen molar-refractivity contribution >= 4 is 28.5 Å². The van der Waals surface area contributed by atoms with E-state index in [2.05, 4.69) is 15.1 Å². The predicted molar refractivity (Wildman–Crippen MR) is 139 cm³/mol. The zero-order valence-electron chi connectivity index (χ0n) is 21.9. The number of halogens is 5. The van der Waals surface area contributed by atoms with Gasteiger partial charge in [0.25, 0.3) is 0 Å². The van der Waals surface area contributed by atoms with Gasteiger partial charge in [0.2, 0.25) is 0 Å². The van der Waals surface area contributed by atoms with Crippen molar-refractivity contribution < 1.29 is 41.4 Å². The molecule has 14 heteroatoms. The summed E-state index contributed by atoms with van der Waals surface area (Å²) in [5.74, 6) is -3.99. The number of rotatable bonds is 7. The van der Waals surface area contributed by atoms with Crippen LogP contribution in [0.3, 0.4) is 0 Å². The molecule has 5 rings (SSSR count). The number of nitrogens with zero attached hydrogens (tertiary/aromatic N) is 5. The lowest BCUT2D eigenvalue weighted by molar-refractivity contribution is -0.142. The van der Waals surface area contributed by atoms with Crippen LogP contribution in [0.2, 0.25) is 0 Å². The maximum Gasteiger partial charge on any atom is 0.435 e. The molecule has 216 valence electrons. The summed E-state index contributed by atoms with van der Waals surface area (Å²) < 4.78 is 79.6. The number of carbonyl (C=O) groups excluding carboxylic acids is 1. The first-order valence-electron chi connectivity index (χ1n) is 12.3. The molecular weight excluding hydrogens is 565 g/mol. The van der Waals surface area contributed by atoms with Crippen LogP contribution >= 0.6 is 0 Å². The van der Waals surface area contributed by atoms with E-state index >= 15 is 4.39 Å². The highest BCUT2D eigenvalue weighted by Gasteiger charge is 2.39. The monoisotopic (exact) mass is 585 g/mol. The highest BCUT2D eigenvalue weighted by molar-refractivity contribution is 5.91. The summed E-state index contributed by atoms with van der Waals surface area (Å²) in [6.45, 7) is 3.08. The molecule has 0 saturated carbocycles. The molecule has 0 bridgehead atoms. The van der Waals surface area contributed by atoms with Crippen LogP contribution in [0.1, 0.15) is 31.0 Å². The van der Waals surface area contributed by atoms with E-state index in [0.29, 0.717) is 23.3 Å². The Labute approximate surface area is 233 Å². The molecule has 0 aliphatic rings. The van der Waals surface area contributed by atoms with Gasteiger partial charge in [0.1, 0.15) is 11.6 Å². The van der Waals surface area contributed by atoms with Crippen LogP contribution in [-0.2, 0) is 27.2 Å². The van der Waals surface area contributed by atoms with E-state index in [-0.39, 0.29) is 28.2 Å². The van der Waals surface area contributed by atoms with E-state index in [1.54, 1.807) is 19.9 Å². The van der Waals surface area contributed by atoms with Gasteiger partial charge in [0.15, 0.2) is 18.1 Å². The van der Waals surface area contributed by atoms with Crippen molar-refractivity contribution in [1.82, 2.24) is 24.1 Å². The molecule has 2 aromatic carbocycles. The second-order valence-electron chi connectivity index (χ2n) is 9.47. The van der Waals surface area contributed by atoms with Crippen LogP contribution in [-0.4, -0.2) is 41.2 Å². The van der Waals surface area contributed by atoms with Crippen molar-refractivity contribution in [1.29, 1.82) is 0 Å². The van der Waals surface area contributed by atoms with Gasteiger partial charge in [0, 0.05) is 29.5 Å². The number of carboxylic acid groups (broad SMARTS) is 1. The Morgan fingerprint density at radius 3 is 2.55 bits per heavy atom. The Bertz CT molecular complexity index is 1890. The predicted octanol–water partition coefficient (Wildman–Crippen LogP) is 5.97. The summed E-state index contributed by atoms with van der Waals surface area (Å²) in [5.41, 5.74) is -1.38. The summed E-state index contributed by atoms with van der Waals surface area (Å²) in [6, 6.07) is 6.67. The van der Waals surface area contributed by atoms with Crippen molar-refractivity contribution in [3.05, 3.63) is 84.0 Å². The Kier molecular flexibility index (Phi) is 7.22. The fraction of sp³-hybridized carbons (Fsp3) is 0.179. The van der Waals surface area contributed by atoms with Crippen LogP contribution in [0.5, 0.6) is 0 Å². The number of alkyl halides is 3. The second-order valence-corrected chi connectivity index (χ2v) is 9.47. The third kappa shape index (κ3) is 5.30. The van der Waals surface area contributed by atoms with Gasteiger partial charge in [-0.3, -0.25) is 9.38 Å². The molecule has 0 unspecified atom stereocenters. The number of carboxylic acids is 1. The quantitative estimate of drug-likeness (QED) is 0.142. The SMILES string of the molecule is CC(C)c1cc(-c2cn3c(-c4ccc5c(cnn5COC(=O)/C=C/C(=O)O)c4F)c(C(F)(F)F)nc3cn2)ccc1F. The number of aliphatic carboxylic acids is 1. The van der Waals surface area contributed by atoms with Gasteiger partial charge in [-0.05, 0) is 41.8 Å². The number of fused-ring (bicyclic) bond motifs is 2. The standard InChI is InChI=1S/C28H20F5N5O4/c1-14(2)17-9-15(3-5-19(17)29)20-12-37-22(11-34-20)36-27(28(31,32)33)26(37)16-4-6-21-18(25(16)30)10-35-38(21)13-42-24(41)8-7-23(39)40/h3-12,14H,13H2,1-2H3,(H,39,40)/b8-7+. The number of hydrogen-bond acceptors (Lipinski definition) is 6. The second kappa shape index (κ2) is 10.7. The van der Waals surface area contributed by atoms with Crippen LogP contribution in [0.15, 0.2) is 61.1 Å².